The fourth-order valence-corrected chi connectivity index (χ4v) is 1.54. The number of amides is 1. The van der Waals surface area contributed by atoms with E-state index in [1.54, 1.807) is 0 Å². The van der Waals surface area contributed by atoms with Gasteiger partial charge in [0, 0.05) is 24.8 Å². The first kappa shape index (κ1) is 11.9. The smallest absolute Gasteiger partial charge is 0.252 e. The molecule has 1 saturated carbocycles. The zero-order valence-electron chi connectivity index (χ0n) is 9.66. The highest BCUT2D eigenvalue weighted by molar-refractivity contribution is 5.93. The van der Waals surface area contributed by atoms with Gasteiger partial charge in [-0.3, -0.25) is 9.59 Å². The van der Waals surface area contributed by atoms with Crippen LogP contribution in [0.2, 0.25) is 0 Å². The molecule has 0 aromatic carbocycles. The minimum atomic E-state index is -0.199. The van der Waals surface area contributed by atoms with Crippen molar-refractivity contribution in [2.45, 2.75) is 25.3 Å². The maximum Gasteiger partial charge on any atom is 0.252 e. The number of aromatic amines is 1. The van der Waals surface area contributed by atoms with E-state index in [2.05, 4.69) is 15.6 Å². The minimum absolute atomic E-state index is 0.146. The number of nitrogens with one attached hydrogen (secondary N) is 3. The van der Waals surface area contributed by atoms with E-state index in [4.69, 9.17) is 0 Å². The first-order valence-electron chi connectivity index (χ1n) is 5.96. The number of H-pyrrole nitrogens is 1. The van der Waals surface area contributed by atoms with Crippen LogP contribution in [-0.2, 0) is 0 Å². The molecule has 5 heteroatoms. The van der Waals surface area contributed by atoms with Gasteiger partial charge in [-0.1, -0.05) is 0 Å². The van der Waals surface area contributed by atoms with Crippen molar-refractivity contribution in [1.29, 1.82) is 0 Å². The lowest BCUT2D eigenvalue weighted by Crippen LogP contribution is -2.28. The molecule has 3 N–H and O–H groups in total. The van der Waals surface area contributed by atoms with E-state index in [9.17, 15) is 9.59 Å². The second kappa shape index (κ2) is 5.63. The topological polar surface area (TPSA) is 74.0 Å². The van der Waals surface area contributed by atoms with Crippen molar-refractivity contribution in [3.63, 3.8) is 0 Å². The van der Waals surface area contributed by atoms with Crippen LogP contribution in [0.15, 0.2) is 23.1 Å². The van der Waals surface area contributed by atoms with Gasteiger partial charge in [-0.15, -0.1) is 0 Å². The van der Waals surface area contributed by atoms with Gasteiger partial charge in [0.1, 0.15) is 0 Å². The molecule has 0 radical (unpaired) electrons. The number of aromatic nitrogens is 1. The summed E-state index contributed by atoms with van der Waals surface area (Å²) in [6, 6.07) is 3.59. The van der Waals surface area contributed by atoms with Gasteiger partial charge >= 0.3 is 0 Å². The van der Waals surface area contributed by atoms with Gasteiger partial charge in [-0.2, -0.15) is 0 Å². The van der Waals surface area contributed by atoms with E-state index in [1.165, 1.54) is 31.2 Å². The highest BCUT2D eigenvalue weighted by Gasteiger charge is 2.19. The predicted octanol–water partition coefficient (Wildman–Crippen LogP) is 0.247. The number of hydrogen-bond acceptors (Lipinski definition) is 3. The number of carbonyl (C=O) groups excluding carboxylic acids is 1. The van der Waals surface area contributed by atoms with Gasteiger partial charge in [-0.25, -0.2) is 0 Å². The lowest BCUT2D eigenvalue weighted by molar-refractivity contribution is 0.0953. The highest BCUT2D eigenvalue weighted by Crippen LogP contribution is 2.18. The number of rotatable bonds is 6. The van der Waals surface area contributed by atoms with E-state index in [0.717, 1.165) is 13.0 Å². The summed E-state index contributed by atoms with van der Waals surface area (Å²) in [5, 5.41) is 6.19. The van der Waals surface area contributed by atoms with Gasteiger partial charge < -0.3 is 15.6 Å². The van der Waals surface area contributed by atoms with E-state index >= 15 is 0 Å². The van der Waals surface area contributed by atoms with E-state index in [0.29, 0.717) is 18.2 Å². The second-order valence-electron chi connectivity index (χ2n) is 4.28. The third-order valence-electron chi connectivity index (χ3n) is 2.70. The molecule has 1 amide bonds. The number of carbonyl (C=O) groups is 1. The molecule has 1 fully saturated rings. The van der Waals surface area contributed by atoms with E-state index in [1.807, 2.05) is 0 Å². The summed E-state index contributed by atoms with van der Waals surface area (Å²) in [6.07, 6.45) is 4.92. The lowest BCUT2D eigenvalue weighted by Gasteiger charge is -2.05. The molecule has 0 saturated heterocycles. The summed E-state index contributed by atoms with van der Waals surface area (Å²) in [6.45, 7) is 1.59. The largest absolute Gasteiger partial charge is 0.352 e. The predicted molar refractivity (Wildman–Crippen MR) is 65.0 cm³/mol. The molecular weight excluding hydrogens is 218 g/mol. The number of pyridine rings is 1. The van der Waals surface area contributed by atoms with Crippen LogP contribution >= 0.6 is 0 Å². The van der Waals surface area contributed by atoms with Crippen LogP contribution in [0.1, 0.15) is 29.6 Å². The zero-order chi connectivity index (χ0) is 12.1. The molecule has 0 atom stereocenters. The Morgan fingerprint density at radius 2 is 2.18 bits per heavy atom. The average molecular weight is 235 g/mol. The third kappa shape index (κ3) is 4.03. The van der Waals surface area contributed by atoms with Crippen molar-refractivity contribution in [2.75, 3.05) is 13.1 Å². The summed E-state index contributed by atoms with van der Waals surface area (Å²) >= 11 is 0. The maximum atomic E-state index is 11.6. The molecule has 92 valence electrons. The van der Waals surface area contributed by atoms with Gasteiger partial charge in [0.05, 0.1) is 5.56 Å². The fraction of sp³-hybridized carbons (Fsp3) is 0.500. The Hall–Kier alpha value is -1.62. The van der Waals surface area contributed by atoms with Gasteiger partial charge in [0.2, 0.25) is 5.56 Å². The summed E-state index contributed by atoms with van der Waals surface area (Å²) in [4.78, 5) is 24.9. The van der Waals surface area contributed by atoms with Crippen LogP contribution in [-0.4, -0.2) is 30.0 Å². The van der Waals surface area contributed by atoms with Crippen molar-refractivity contribution in [3.05, 3.63) is 34.2 Å². The molecular formula is C12H17N3O2. The van der Waals surface area contributed by atoms with Gasteiger partial charge in [-0.05, 0) is 31.9 Å². The van der Waals surface area contributed by atoms with Crippen LogP contribution in [0.5, 0.6) is 0 Å². The Labute approximate surface area is 99.6 Å². The molecule has 1 heterocycles. The molecule has 2 rings (SSSR count). The molecule has 1 aliphatic carbocycles. The Balaban J connectivity index is 1.65. The second-order valence-corrected chi connectivity index (χ2v) is 4.28. The Morgan fingerprint density at radius 3 is 2.82 bits per heavy atom. The molecule has 1 aromatic rings. The first-order valence-corrected chi connectivity index (χ1v) is 5.96. The van der Waals surface area contributed by atoms with Crippen molar-refractivity contribution in [1.82, 2.24) is 15.6 Å². The van der Waals surface area contributed by atoms with Crippen molar-refractivity contribution in [2.24, 2.45) is 0 Å². The molecule has 0 spiro atoms. The minimum Gasteiger partial charge on any atom is -0.352 e. The van der Waals surface area contributed by atoms with E-state index < -0.39 is 0 Å². The molecule has 17 heavy (non-hydrogen) atoms. The third-order valence-corrected chi connectivity index (χ3v) is 2.70. The van der Waals surface area contributed by atoms with E-state index in [-0.39, 0.29) is 11.5 Å². The Bertz CT molecular complexity index is 417. The van der Waals surface area contributed by atoms with Gasteiger partial charge in [0.25, 0.3) is 5.91 Å². The van der Waals surface area contributed by atoms with Crippen molar-refractivity contribution >= 4 is 5.91 Å². The van der Waals surface area contributed by atoms with Crippen molar-refractivity contribution < 1.29 is 4.79 Å². The molecule has 5 nitrogen and oxygen atoms in total. The quantitative estimate of drug-likeness (QED) is 0.619. The maximum absolute atomic E-state index is 11.6. The molecule has 0 aliphatic heterocycles. The lowest BCUT2D eigenvalue weighted by atomic mass is 10.2. The highest BCUT2D eigenvalue weighted by atomic mass is 16.1. The molecule has 0 bridgehead atoms. The van der Waals surface area contributed by atoms with Crippen LogP contribution in [0.3, 0.4) is 0 Å². The zero-order valence-corrected chi connectivity index (χ0v) is 9.66. The fourth-order valence-electron chi connectivity index (χ4n) is 1.54. The Morgan fingerprint density at radius 1 is 1.35 bits per heavy atom. The van der Waals surface area contributed by atoms with Crippen molar-refractivity contribution in [3.8, 4) is 0 Å². The van der Waals surface area contributed by atoms with Crippen LogP contribution < -0.4 is 16.2 Å². The molecule has 1 aromatic heterocycles. The van der Waals surface area contributed by atoms with Gasteiger partial charge in [0.15, 0.2) is 0 Å². The summed E-state index contributed by atoms with van der Waals surface area (Å²) in [5.41, 5.74) is 0.287. The number of hydrogen-bond donors (Lipinski definition) is 3. The normalized spacial score (nSPS) is 14.6. The molecule has 1 aliphatic rings. The van der Waals surface area contributed by atoms with Crippen LogP contribution in [0, 0.1) is 0 Å². The SMILES string of the molecule is O=C(NCCCNC1CC1)c1ccc(=O)[nH]c1. The monoisotopic (exact) mass is 235 g/mol. The average Bonchev–Trinajstić information content (AvgIpc) is 3.13. The first-order chi connectivity index (χ1) is 8.25. The summed E-state index contributed by atoms with van der Waals surface area (Å²) in [5.74, 6) is -0.146. The molecule has 0 unspecified atom stereocenters. The summed E-state index contributed by atoms with van der Waals surface area (Å²) in [7, 11) is 0. The van der Waals surface area contributed by atoms with Crippen LogP contribution in [0.25, 0.3) is 0 Å². The standard InChI is InChI=1S/C12H17N3O2/c16-11-5-2-9(8-15-11)12(17)14-7-1-6-13-10-3-4-10/h2,5,8,10,13H,1,3-4,6-7H2,(H,14,17)(H,15,16). The Kier molecular flexibility index (Phi) is 3.93. The van der Waals surface area contributed by atoms with Crippen LogP contribution in [0.4, 0.5) is 0 Å². The summed E-state index contributed by atoms with van der Waals surface area (Å²) < 4.78 is 0.